The summed E-state index contributed by atoms with van der Waals surface area (Å²) in [5.41, 5.74) is 0.917. The molecule has 0 heterocycles. The number of nitrogens with one attached hydrogen (secondary N) is 1. The summed E-state index contributed by atoms with van der Waals surface area (Å²) < 4.78 is 26.9. The lowest BCUT2D eigenvalue weighted by atomic mass is 9.94. The lowest BCUT2D eigenvalue weighted by Crippen LogP contribution is -2.81. The van der Waals surface area contributed by atoms with Crippen LogP contribution in [-0.2, 0) is 4.79 Å². The van der Waals surface area contributed by atoms with Gasteiger partial charge in [0.25, 0.3) is 0 Å². The van der Waals surface area contributed by atoms with Crippen molar-refractivity contribution in [2.45, 2.75) is 12.3 Å². The van der Waals surface area contributed by atoms with E-state index < -0.39 is 23.5 Å². The first-order valence-corrected chi connectivity index (χ1v) is 6.02. The summed E-state index contributed by atoms with van der Waals surface area (Å²) in [6.45, 7) is 0.0908. The number of likely N-dealkylation sites (N-methyl/N-ethyl adjacent to an activating group) is 1. The summed E-state index contributed by atoms with van der Waals surface area (Å²) >= 11 is 0. The van der Waals surface area contributed by atoms with E-state index >= 15 is 0 Å². The number of quaternary nitrogens is 1. The monoisotopic (exact) mass is 287 g/mol. The van der Waals surface area contributed by atoms with Crippen LogP contribution in [0.2, 0.25) is 0 Å². The number of carboxylic acid groups (broad SMARTS) is 1. The van der Waals surface area contributed by atoms with Crippen LogP contribution in [0.5, 0.6) is 0 Å². The van der Waals surface area contributed by atoms with E-state index in [2.05, 4.69) is 5.32 Å². The smallest absolute Gasteiger partial charge is 0.351 e. The molecule has 0 bridgehead atoms. The van der Waals surface area contributed by atoms with Crippen LogP contribution in [-0.4, -0.2) is 29.9 Å². The van der Waals surface area contributed by atoms with E-state index in [0.29, 0.717) is 0 Å². The highest BCUT2D eigenvalue weighted by Crippen LogP contribution is 2.23. The van der Waals surface area contributed by atoms with Crippen molar-refractivity contribution in [2.75, 3.05) is 13.6 Å². The number of hydroxylamine groups is 1. The van der Waals surface area contributed by atoms with Gasteiger partial charge in [-0.25, -0.2) is 24.3 Å². The minimum Gasteiger partial charge on any atom is -0.477 e. The van der Waals surface area contributed by atoms with Crippen LogP contribution in [0.3, 0.4) is 0 Å². The Morgan fingerprint density at radius 2 is 2.20 bits per heavy atom. The average Bonchev–Trinajstić information content (AvgIpc) is 2.41. The van der Waals surface area contributed by atoms with E-state index in [4.69, 9.17) is 10.3 Å². The molecule has 1 aromatic rings. The van der Waals surface area contributed by atoms with Gasteiger partial charge in [-0.3, -0.25) is 0 Å². The van der Waals surface area contributed by atoms with Crippen molar-refractivity contribution in [1.29, 1.82) is 0 Å². The van der Waals surface area contributed by atoms with E-state index in [1.165, 1.54) is 25.3 Å². The topological polar surface area (TPSA) is 86.2 Å². The van der Waals surface area contributed by atoms with Crippen molar-refractivity contribution in [3.05, 3.63) is 47.2 Å². The lowest BCUT2D eigenvalue weighted by Gasteiger charge is -2.14. The molecule has 0 spiro atoms. The molecule has 7 heteroatoms. The number of allylic oxidation sites excluding steroid dienone is 1. The van der Waals surface area contributed by atoms with E-state index in [-0.39, 0.29) is 24.2 Å². The van der Waals surface area contributed by atoms with Crippen molar-refractivity contribution in [3.8, 4) is 0 Å². The van der Waals surface area contributed by atoms with E-state index in [1.54, 1.807) is 0 Å². The van der Waals surface area contributed by atoms with Crippen LogP contribution in [0.15, 0.2) is 30.0 Å². The molecular formula is C13H17F2N2O3+. The zero-order valence-electron chi connectivity index (χ0n) is 10.9. The van der Waals surface area contributed by atoms with Crippen LogP contribution in [0, 0.1) is 11.6 Å². The van der Waals surface area contributed by atoms with Gasteiger partial charge in [0.15, 0.2) is 11.6 Å². The minimum atomic E-state index is -1.14. The molecule has 0 saturated carbocycles. The Labute approximate surface area is 114 Å². The Bertz CT molecular complexity index is 506. The fourth-order valence-electron chi connectivity index (χ4n) is 1.87. The number of benzene rings is 1. The highest BCUT2D eigenvalue weighted by Gasteiger charge is 2.19. The predicted molar refractivity (Wildman–Crippen MR) is 67.1 cm³/mol. The first-order chi connectivity index (χ1) is 9.51. The van der Waals surface area contributed by atoms with Crippen LogP contribution in [0.25, 0.3) is 0 Å². The summed E-state index contributed by atoms with van der Waals surface area (Å²) in [5.74, 6) is -3.63. The predicted octanol–water partition coefficient (Wildman–Crippen LogP) is 0.579. The number of nitrogens with two attached hydrogens (primary N) is 1. The van der Waals surface area contributed by atoms with Crippen LogP contribution < -0.4 is 10.8 Å². The second-order valence-corrected chi connectivity index (χ2v) is 4.17. The zero-order valence-corrected chi connectivity index (χ0v) is 10.9. The Balaban J connectivity index is 3.00. The summed E-state index contributed by atoms with van der Waals surface area (Å²) in [6.07, 6.45) is 1.53. The molecule has 0 fully saturated rings. The van der Waals surface area contributed by atoms with Gasteiger partial charge in [0.05, 0.1) is 0 Å². The summed E-state index contributed by atoms with van der Waals surface area (Å²) in [7, 11) is 1.45. The van der Waals surface area contributed by atoms with Crippen LogP contribution >= 0.6 is 0 Å². The van der Waals surface area contributed by atoms with Gasteiger partial charge in [-0.15, -0.1) is 0 Å². The molecule has 1 atom stereocenters. The zero-order chi connectivity index (χ0) is 15.1. The van der Waals surface area contributed by atoms with Gasteiger partial charge >= 0.3 is 5.97 Å². The summed E-state index contributed by atoms with van der Waals surface area (Å²) in [6, 6.07) is 3.79. The number of hydrogen-bond donors (Lipinski definition) is 4. The SMILES string of the molecule is CN/C(=C\CC(C[NH2+]O)c1cccc(F)c1F)C(=O)O. The molecule has 0 saturated heterocycles. The first-order valence-electron chi connectivity index (χ1n) is 6.02. The number of rotatable bonds is 7. The van der Waals surface area contributed by atoms with Gasteiger partial charge in [0.1, 0.15) is 12.2 Å². The summed E-state index contributed by atoms with van der Waals surface area (Å²) in [5, 5.41) is 20.3. The molecule has 1 rings (SSSR count). The molecule has 0 aliphatic carbocycles. The largest absolute Gasteiger partial charge is 0.477 e. The molecule has 20 heavy (non-hydrogen) atoms. The van der Waals surface area contributed by atoms with E-state index in [0.717, 1.165) is 11.5 Å². The Morgan fingerprint density at radius 1 is 1.50 bits per heavy atom. The maximum atomic E-state index is 13.7. The van der Waals surface area contributed by atoms with Gasteiger partial charge in [0, 0.05) is 13.0 Å². The third-order valence-corrected chi connectivity index (χ3v) is 2.92. The van der Waals surface area contributed by atoms with Gasteiger partial charge in [-0.2, -0.15) is 0 Å². The number of hydrogen-bond acceptors (Lipinski definition) is 3. The quantitative estimate of drug-likeness (QED) is 0.436. The van der Waals surface area contributed by atoms with Gasteiger partial charge in [-0.05, 0) is 18.1 Å². The molecule has 0 radical (unpaired) electrons. The number of aliphatic carboxylic acids is 1. The molecule has 0 aromatic heterocycles. The Morgan fingerprint density at radius 3 is 2.75 bits per heavy atom. The number of carbonyl (C=O) groups is 1. The van der Waals surface area contributed by atoms with Crippen molar-refractivity contribution in [3.63, 3.8) is 0 Å². The highest BCUT2D eigenvalue weighted by atomic mass is 19.2. The standard InChI is InChI=1S/C13H16F2N2O3/c1-16-11(13(18)19)6-5-8(7-17-20)9-3-2-4-10(14)12(9)15/h2-4,6,8,16-17,20H,5,7H2,1H3,(H,18,19)/p+1/b11-6-. The minimum absolute atomic E-state index is 0.0373. The number of halogens is 2. The fraction of sp³-hybridized carbons (Fsp3) is 0.308. The maximum absolute atomic E-state index is 13.7. The number of carboxylic acids is 1. The molecule has 5 nitrogen and oxygen atoms in total. The molecule has 5 N–H and O–H groups in total. The first kappa shape index (κ1) is 16.1. The van der Waals surface area contributed by atoms with Crippen molar-refractivity contribution >= 4 is 5.97 Å². The lowest BCUT2D eigenvalue weighted by molar-refractivity contribution is -0.887. The Hall–Kier alpha value is -1.99. The third-order valence-electron chi connectivity index (χ3n) is 2.92. The van der Waals surface area contributed by atoms with E-state index in [9.17, 15) is 13.6 Å². The van der Waals surface area contributed by atoms with Gasteiger partial charge < -0.3 is 10.4 Å². The molecule has 0 aliphatic rings. The summed E-state index contributed by atoms with van der Waals surface area (Å²) in [4.78, 5) is 10.8. The average molecular weight is 287 g/mol. The van der Waals surface area contributed by atoms with Gasteiger partial charge in [0.2, 0.25) is 0 Å². The van der Waals surface area contributed by atoms with Crippen molar-refractivity contribution < 1.29 is 29.4 Å². The van der Waals surface area contributed by atoms with Crippen molar-refractivity contribution in [1.82, 2.24) is 5.32 Å². The molecule has 110 valence electrons. The second-order valence-electron chi connectivity index (χ2n) is 4.17. The van der Waals surface area contributed by atoms with Crippen LogP contribution in [0.1, 0.15) is 17.9 Å². The Kier molecular flexibility index (Phi) is 6.08. The third kappa shape index (κ3) is 4.01. The van der Waals surface area contributed by atoms with Gasteiger partial charge in [-0.1, -0.05) is 18.2 Å². The van der Waals surface area contributed by atoms with Crippen LogP contribution in [0.4, 0.5) is 8.78 Å². The molecule has 0 amide bonds. The highest BCUT2D eigenvalue weighted by molar-refractivity contribution is 5.85. The molecule has 1 unspecified atom stereocenters. The molecular weight excluding hydrogens is 270 g/mol. The fourth-order valence-corrected chi connectivity index (χ4v) is 1.87. The second kappa shape index (κ2) is 7.56. The molecule has 1 aromatic carbocycles. The maximum Gasteiger partial charge on any atom is 0.351 e. The molecule has 0 aliphatic heterocycles. The van der Waals surface area contributed by atoms with E-state index in [1.807, 2.05) is 0 Å². The normalized spacial score (nSPS) is 13.1. The van der Waals surface area contributed by atoms with Crippen molar-refractivity contribution in [2.24, 2.45) is 0 Å².